The number of nitrogens with zero attached hydrogens (tertiary/aromatic N) is 3. The molecule has 0 aromatic carbocycles. The second-order valence-electron chi connectivity index (χ2n) is 5.06. The maximum Gasteiger partial charge on any atom is 0.248 e. The zero-order chi connectivity index (χ0) is 14.7. The van der Waals surface area contributed by atoms with Crippen LogP contribution in [-0.4, -0.2) is 39.0 Å². The van der Waals surface area contributed by atoms with Crippen LogP contribution in [0.4, 0.5) is 0 Å². The summed E-state index contributed by atoms with van der Waals surface area (Å²) in [4.78, 5) is 21.7. The van der Waals surface area contributed by atoms with E-state index < -0.39 is 6.61 Å². The maximum atomic E-state index is 11.5. The number of carbonyl (C=O) groups excluding carboxylic acids is 1. The van der Waals surface area contributed by atoms with E-state index >= 15 is 0 Å². The van der Waals surface area contributed by atoms with Gasteiger partial charge in [-0.05, 0) is 18.1 Å². The topological polar surface area (TPSA) is 79.5 Å². The number of amides is 1. The summed E-state index contributed by atoms with van der Waals surface area (Å²) in [5.74, 6) is 1.29. The Bertz CT molecular complexity index is 624. The summed E-state index contributed by atoms with van der Waals surface area (Å²) in [6, 6.07) is 3.94. The number of aryl methyl sites for hydroxylation is 2. The summed E-state index contributed by atoms with van der Waals surface area (Å²) in [7, 11) is 0. The highest BCUT2D eigenvalue weighted by atomic mass is 16.4. The molecule has 0 radical (unpaired) electrons. The molecule has 1 aliphatic heterocycles. The molecule has 2 aromatic rings. The van der Waals surface area contributed by atoms with E-state index in [0.717, 1.165) is 23.4 Å². The number of hydrogen-bond acceptors (Lipinski definition) is 5. The predicted molar refractivity (Wildman–Crippen MR) is 74.4 cm³/mol. The molecule has 2 aromatic heterocycles. The molecule has 1 aliphatic rings. The van der Waals surface area contributed by atoms with Gasteiger partial charge in [0.25, 0.3) is 0 Å². The number of carbonyl (C=O) groups is 1. The van der Waals surface area contributed by atoms with Crippen LogP contribution < -0.4 is 0 Å². The molecule has 110 valence electrons. The van der Waals surface area contributed by atoms with E-state index in [1.807, 2.05) is 18.3 Å². The summed E-state index contributed by atoms with van der Waals surface area (Å²) < 4.78 is 5.76. The number of oxazole rings is 1. The van der Waals surface area contributed by atoms with Crippen LogP contribution in [0.1, 0.15) is 22.9 Å². The Kier molecular flexibility index (Phi) is 3.96. The fraction of sp³-hybridized carbons (Fsp3) is 0.400. The van der Waals surface area contributed by atoms with E-state index in [9.17, 15) is 4.79 Å². The molecule has 0 aliphatic carbocycles. The van der Waals surface area contributed by atoms with Gasteiger partial charge in [-0.25, -0.2) is 4.98 Å². The van der Waals surface area contributed by atoms with Crippen molar-refractivity contribution >= 4 is 5.91 Å². The van der Waals surface area contributed by atoms with Crippen LogP contribution in [0, 0.1) is 0 Å². The highest BCUT2D eigenvalue weighted by Crippen LogP contribution is 2.20. The van der Waals surface area contributed by atoms with Crippen molar-refractivity contribution in [3.63, 3.8) is 0 Å². The number of fused-ring (bicyclic) bond motifs is 1. The van der Waals surface area contributed by atoms with E-state index in [2.05, 4.69) is 9.97 Å². The molecule has 0 bridgehead atoms. The number of aliphatic hydroxyl groups is 1. The van der Waals surface area contributed by atoms with Crippen molar-refractivity contribution in [2.45, 2.75) is 25.8 Å². The predicted octanol–water partition coefficient (Wildman–Crippen LogP) is 0.732. The first-order valence-electron chi connectivity index (χ1n) is 7.01. The van der Waals surface area contributed by atoms with Crippen molar-refractivity contribution in [1.29, 1.82) is 0 Å². The van der Waals surface area contributed by atoms with Crippen molar-refractivity contribution in [3.8, 4) is 0 Å². The fourth-order valence-corrected chi connectivity index (χ4v) is 2.47. The molecule has 0 atom stereocenters. The lowest BCUT2D eigenvalue weighted by atomic mass is 10.1. The van der Waals surface area contributed by atoms with E-state index in [4.69, 9.17) is 9.52 Å². The number of aromatic nitrogens is 2. The molecule has 6 nitrogen and oxygen atoms in total. The highest BCUT2D eigenvalue weighted by molar-refractivity contribution is 5.77. The van der Waals surface area contributed by atoms with Crippen molar-refractivity contribution < 1.29 is 14.3 Å². The van der Waals surface area contributed by atoms with Crippen molar-refractivity contribution in [3.05, 3.63) is 47.4 Å². The van der Waals surface area contributed by atoms with Crippen molar-refractivity contribution in [2.75, 3.05) is 13.2 Å². The van der Waals surface area contributed by atoms with Gasteiger partial charge in [-0.1, -0.05) is 6.07 Å². The summed E-state index contributed by atoms with van der Waals surface area (Å²) in [6.07, 6.45) is 5.78. The molecule has 1 N–H and O–H groups in total. The number of hydrogen-bond donors (Lipinski definition) is 1. The molecule has 6 heteroatoms. The van der Waals surface area contributed by atoms with Crippen molar-refractivity contribution in [1.82, 2.24) is 14.9 Å². The first-order chi connectivity index (χ1) is 10.3. The minimum atomic E-state index is -0.457. The Balaban J connectivity index is 1.65. The smallest absolute Gasteiger partial charge is 0.248 e. The van der Waals surface area contributed by atoms with Gasteiger partial charge in [-0.2, -0.15) is 0 Å². The third-order valence-corrected chi connectivity index (χ3v) is 3.61. The van der Waals surface area contributed by atoms with Gasteiger partial charge in [-0.15, -0.1) is 0 Å². The van der Waals surface area contributed by atoms with Crippen LogP contribution in [0.3, 0.4) is 0 Å². The van der Waals surface area contributed by atoms with E-state index in [0.29, 0.717) is 31.8 Å². The number of rotatable bonds is 4. The van der Waals surface area contributed by atoms with Gasteiger partial charge in [0.05, 0.1) is 6.54 Å². The molecule has 3 heterocycles. The Hall–Kier alpha value is -2.21. The average Bonchev–Trinajstić information content (AvgIpc) is 2.95. The number of aliphatic hydroxyl groups excluding tert-OH is 1. The van der Waals surface area contributed by atoms with E-state index in [1.165, 1.54) is 0 Å². The van der Waals surface area contributed by atoms with Crippen LogP contribution in [0.2, 0.25) is 0 Å². The average molecular weight is 287 g/mol. The lowest BCUT2D eigenvalue weighted by Gasteiger charge is -2.24. The van der Waals surface area contributed by atoms with Crippen molar-refractivity contribution in [2.24, 2.45) is 0 Å². The third kappa shape index (κ3) is 3.11. The Morgan fingerprint density at radius 3 is 3.10 bits per heavy atom. The van der Waals surface area contributed by atoms with Gasteiger partial charge in [0, 0.05) is 31.8 Å². The van der Waals surface area contributed by atoms with Crippen LogP contribution >= 0.6 is 0 Å². The quantitative estimate of drug-likeness (QED) is 0.897. The first kappa shape index (κ1) is 13.8. The van der Waals surface area contributed by atoms with Gasteiger partial charge in [0.15, 0.2) is 5.89 Å². The largest absolute Gasteiger partial charge is 0.445 e. The molecule has 0 saturated heterocycles. The molecule has 0 unspecified atom stereocenters. The molecule has 3 rings (SSSR count). The lowest BCUT2D eigenvalue weighted by molar-refractivity contribution is -0.135. The molecular formula is C15H17N3O3. The minimum Gasteiger partial charge on any atom is -0.445 e. The molecular weight excluding hydrogens is 270 g/mol. The SMILES string of the molecule is O=C(CO)N1CCc2oc(CCc3cccnc3)nc2C1. The maximum absolute atomic E-state index is 11.5. The normalized spacial score (nSPS) is 14.0. The van der Waals surface area contributed by atoms with E-state index in [1.54, 1.807) is 11.1 Å². The highest BCUT2D eigenvalue weighted by Gasteiger charge is 2.24. The van der Waals surface area contributed by atoms with Crippen LogP contribution in [0.5, 0.6) is 0 Å². The molecule has 1 amide bonds. The van der Waals surface area contributed by atoms with Gasteiger partial charge < -0.3 is 14.4 Å². The van der Waals surface area contributed by atoms with Gasteiger partial charge in [-0.3, -0.25) is 9.78 Å². The summed E-state index contributed by atoms with van der Waals surface area (Å²) in [5, 5.41) is 8.91. The van der Waals surface area contributed by atoms with Crippen LogP contribution in [0.15, 0.2) is 28.9 Å². The fourth-order valence-electron chi connectivity index (χ4n) is 2.47. The Morgan fingerprint density at radius 1 is 1.43 bits per heavy atom. The lowest BCUT2D eigenvalue weighted by Crippen LogP contribution is -2.37. The minimum absolute atomic E-state index is 0.263. The summed E-state index contributed by atoms with van der Waals surface area (Å²) in [6.45, 7) is 0.538. The monoisotopic (exact) mass is 287 g/mol. The Labute approximate surface area is 122 Å². The zero-order valence-electron chi connectivity index (χ0n) is 11.7. The van der Waals surface area contributed by atoms with Crippen LogP contribution in [0.25, 0.3) is 0 Å². The molecule has 21 heavy (non-hydrogen) atoms. The molecule has 0 spiro atoms. The summed E-state index contributed by atoms with van der Waals surface area (Å²) in [5.41, 5.74) is 1.95. The van der Waals surface area contributed by atoms with Crippen LogP contribution in [-0.2, 0) is 30.6 Å². The second kappa shape index (κ2) is 6.05. The zero-order valence-corrected chi connectivity index (χ0v) is 11.7. The molecule has 0 saturated carbocycles. The summed E-state index contributed by atoms with van der Waals surface area (Å²) >= 11 is 0. The molecule has 0 fully saturated rings. The third-order valence-electron chi connectivity index (χ3n) is 3.61. The van der Waals surface area contributed by atoms with Gasteiger partial charge >= 0.3 is 0 Å². The number of pyridine rings is 1. The van der Waals surface area contributed by atoms with E-state index in [-0.39, 0.29) is 5.91 Å². The Morgan fingerprint density at radius 2 is 2.33 bits per heavy atom. The second-order valence-corrected chi connectivity index (χ2v) is 5.06. The first-order valence-corrected chi connectivity index (χ1v) is 7.01. The standard InChI is InChI=1S/C15H17N3O3/c19-10-15(20)18-7-5-13-12(9-18)17-14(21-13)4-3-11-2-1-6-16-8-11/h1-2,6,8,19H,3-5,7,9-10H2. The van der Waals surface area contributed by atoms with Gasteiger partial charge in [0.2, 0.25) is 5.91 Å². The van der Waals surface area contributed by atoms with Gasteiger partial charge in [0.1, 0.15) is 18.1 Å².